The number of fused-ring (bicyclic) bond motifs is 1. The Morgan fingerprint density at radius 2 is 1.80 bits per heavy atom. The lowest BCUT2D eigenvalue weighted by Crippen LogP contribution is -2.24. The van der Waals surface area contributed by atoms with E-state index in [1.54, 1.807) is 30.3 Å². The molecule has 0 aromatic heterocycles. The zero-order chi connectivity index (χ0) is 21.1. The van der Waals surface area contributed by atoms with Crippen molar-refractivity contribution in [3.05, 3.63) is 98.4 Å². The number of amides is 2. The highest BCUT2D eigenvalue weighted by molar-refractivity contribution is 8.04. The SMILES string of the molecule is O=C1Nc2cc(C(=O)NCc3ccccc3Cl)ccc2S/C1=C/c1ccc(Cl)cc1. The Morgan fingerprint density at radius 1 is 1.03 bits per heavy atom. The van der Waals surface area contributed by atoms with Gasteiger partial charge in [-0.1, -0.05) is 65.3 Å². The fraction of sp³-hybridized carbons (Fsp3) is 0.0435. The van der Waals surface area contributed by atoms with Crippen LogP contribution < -0.4 is 10.6 Å². The van der Waals surface area contributed by atoms with Crippen LogP contribution in [0.3, 0.4) is 0 Å². The van der Waals surface area contributed by atoms with E-state index in [9.17, 15) is 9.59 Å². The van der Waals surface area contributed by atoms with Crippen LogP contribution in [0, 0.1) is 0 Å². The molecule has 0 atom stereocenters. The number of hydrogen-bond acceptors (Lipinski definition) is 3. The second-order valence-corrected chi connectivity index (χ2v) is 8.53. The number of hydrogen-bond donors (Lipinski definition) is 2. The van der Waals surface area contributed by atoms with Gasteiger partial charge in [0.1, 0.15) is 0 Å². The highest BCUT2D eigenvalue weighted by Crippen LogP contribution is 2.39. The molecule has 2 N–H and O–H groups in total. The summed E-state index contributed by atoms with van der Waals surface area (Å²) in [5.74, 6) is -0.449. The van der Waals surface area contributed by atoms with E-state index in [-0.39, 0.29) is 11.8 Å². The van der Waals surface area contributed by atoms with Crippen molar-refractivity contribution >= 4 is 58.5 Å². The normalized spacial score (nSPS) is 14.2. The van der Waals surface area contributed by atoms with Crippen molar-refractivity contribution < 1.29 is 9.59 Å². The van der Waals surface area contributed by atoms with Crippen molar-refractivity contribution in [3.8, 4) is 0 Å². The predicted molar refractivity (Wildman–Crippen MR) is 123 cm³/mol. The third-order valence-corrected chi connectivity index (χ3v) is 6.22. The van der Waals surface area contributed by atoms with Gasteiger partial charge >= 0.3 is 0 Å². The number of halogens is 2. The lowest BCUT2D eigenvalue weighted by Gasteiger charge is -2.19. The Labute approximate surface area is 188 Å². The molecule has 0 spiro atoms. The molecule has 150 valence electrons. The Bertz CT molecular complexity index is 1160. The van der Waals surface area contributed by atoms with Crippen LogP contribution in [0.5, 0.6) is 0 Å². The summed E-state index contributed by atoms with van der Waals surface area (Å²) in [6.45, 7) is 0.324. The Kier molecular flexibility index (Phi) is 6.13. The van der Waals surface area contributed by atoms with Crippen molar-refractivity contribution in [2.75, 3.05) is 5.32 Å². The fourth-order valence-electron chi connectivity index (χ4n) is 2.93. The first-order chi connectivity index (χ1) is 14.5. The lowest BCUT2D eigenvalue weighted by molar-refractivity contribution is -0.112. The van der Waals surface area contributed by atoms with Gasteiger partial charge in [0.15, 0.2) is 0 Å². The van der Waals surface area contributed by atoms with Gasteiger partial charge in [-0.2, -0.15) is 0 Å². The maximum Gasteiger partial charge on any atom is 0.262 e. The van der Waals surface area contributed by atoms with Crippen LogP contribution in [0.4, 0.5) is 5.69 Å². The third-order valence-electron chi connectivity index (χ3n) is 4.50. The van der Waals surface area contributed by atoms with E-state index in [1.165, 1.54) is 11.8 Å². The summed E-state index contributed by atoms with van der Waals surface area (Å²) in [6, 6.07) is 19.9. The van der Waals surface area contributed by atoms with Gasteiger partial charge in [-0.25, -0.2) is 0 Å². The molecule has 0 saturated carbocycles. The predicted octanol–water partition coefficient (Wildman–Crippen LogP) is 6.01. The van der Waals surface area contributed by atoms with E-state index < -0.39 is 0 Å². The van der Waals surface area contributed by atoms with E-state index in [1.807, 2.05) is 42.5 Å². The van der Waals surface area contributed by atoms with Gasteiger partial charge in [0, 0.05) is 27.0 Å². The van der Waals surface area contributed by atoms with Gasteiger partial charge in [-0.15, -0.1) is 0 Å². The molecule has 0 saturated heterocycles. The first kappa shape index (κ1) is 20.5. The standard InChI is InChI=1S/C23H16Cl2N2O2S/c24-17-8-5-14(6-9-17)11-21-23(29)27-19-12-15(7-10-20(19)30-21)22(28)26-13-16-3-1-2-4-18(16)25/h1-12H,13H2,(H,26,28)(H,27,29)/b21-11+. The summed E-state index contributed by atoms with van der Waals surface area (Å²) >= 11 is 13.4. The molecule has 4 nitrogen and oxygen atoms in total. The molecular weight excluding hydrogens is 439 g/mol. The fourth-order valence-corrected chi connectivity index (χ4v) is 4.19. The summed E-state index contributed by atoms with van der Waals surface area (Å²) in [5.41, 5.74) is 2.80. The number of anilines is 1. The topological polar surface area (TPSA) is 58.2 Å². The number of thioether (sulfide) groups is 1. The van der Waals surface area contributed by atoms with E-state index in [4.69, 9.17) is 23.2 Å². The van der Waals surface area contributed by atoms with Crippen molar-refractivity contribution in [3.63, 3.8) is 0 Å². The summed E-state index contributed by atoms with van der Waals surface area (Å²) in [7, 11) is 0. The molecule has 7 heteroatoms. The molecule has 3 aromatic rings. The molecular formula is C23H16Cl2N2O2S. The highest BCUT2D eigenvalue weighted by atomic mass is 35.5. The molecule has 0 radical (unpaired) electrons. The van der Waals surface area contributed by atoms with Crippen molar-refractivity contribution in [2.24, 2.45) is 0 Å². The van der Waals surface area contributed by atoms with E-state index in [0.717, 1.165) is 16.0 Å². The Morgan fingerprint density at radius 3 is 2.57 bits per heavy atom. The maximum absolute atomic E-state index is 12.5. The summed E-state index contributed by atoms with van der Waals surface area (Å²) < 4.78 is 0. The number of rotatable bonds is 4. The monoisotopic (exact) mass is 454 g/mol. The maximum atomic E-state index is 12.5. The molecule has 0 bridgehead atoms. The minimum atomic E-state index is -0.237. The van der Waals surface area contributed by atoms with Gasteiger partial charge < -0.3 is 10.6 Å². The van der Waals surface area contributed by atoms with Crippen LogP contribution in [0.25, 0.3) is 6.08 Å². The number of benzene rings is 3. The molecule has 0 unspecified atom stereocenters. The summed E-state index contributed by atoms with van der Waals surface area (Å²) in [5, 5.41) is 6.97. The molecule has 1 aliphatic rings. The summed E-state index contributed by atoms with van der Waals surface area (Å²) in [6.07, 6.45) is 1.81. The number of carbonyl (C=O) groups excluding carboxylic acids is 2. The zero-order valence-electron chi connectivity index (χ0n) is 15.6. The molecule has 30 heavy (non-hydrogen) atoms. The van der Waals surface area contributed by atoms with Crippen LogP contribution in [0.2, 0.25) is 10.0 Å². The van der Waals surface area contributed by atoms with Gasteiger partial charge in [-0.05, 0) is 53.6 Å². The van der Waals surface area contributed by atoms with Crippen LogP contribution in [-0.2, 0) is 11.3 Å². The lowest BCUT2D eigenvalue weighted by atomic mass is 10.1. The smallest absolute Gasteiger partial charge is 0.262 e. The quantitative estimate of drug-likeness (QED) is 0.474. The second-order valence-electron chi connectivity index (χ2n) is 6.60. The van der Waals surface area contributed by atoms with Gasteiger partial charge in [0.05, 0.1) is 10.6 Å². The minimum absolute atomic E-state index is 0.212. The van der Waals surface area contributed by atoms with E-state index >= 15 is 0 Å². The van der Waals surface area contributed by atoms with Gasteiger partial charge in [0.2, 0.25) is 0 Å². The summed E-state index contributed by atoms with van der Waals surface area (Å²) in [4.78, 5) is 26.5. The first-order valence-corrected chi connectivity index (χ1v) is 10.7. The third kappa shape index (κ3) is 4.70. The molecule has 1 heterocycles. The van der Waals surface area contributed by atoms with Crippen molar-refractivity contribution in [2.45, 2.75) is 11.4 Å². The average Bonchev–Trinajstić information content (AvgIpc) is 2.74. The zero-order valence-corrected chi connectivity index (χ0v) is 17.9. The molecule has 3 aromatic carbocycles. The average molecular weight is 455 g/mol. The molecule has 0 fully saturated rings. The van der Waals surface area contributed by atoms with Crippen LogP contribution >= 0.6 is 35.0 Å². The van der Waals surface area contributed by atoms with E-state index in [2.05, 4.69) is 10.6 Å². The minimum Gasteiger partial charge on any atom is -0.348 e. The van der Waals surface area contributed by atoms with Crippen LogP contribution in [0.1, 0.15) is 21.5 Å². The van der Waals surface area contributed by atoms with Gasteiger partial charge in [-0.3, -0.25) is 9.59 Å². The Balaban J connectivity index is 1.48. The first-order valence-electron chi connectivity index (χ1n) is 9.12. The number of carbonyl (C=O) groups is 2. The number of nitrogens with one attached hydrogen (secondary N) is 2. The highest BCUT2D eigenvalue weighted by Gasteiger charge is 2.22. The van der Waals surface area contributed by atoms with Crippen LogP contribution in [0.15, 0.2) is 76.5 Å². The largest absolute Gasteiger partial charge is 0.348 e. The van der Waals surface area contributed by atoms with E-state index in [0.29, 0.717) is 32.7 Å². The molecule has 1 aliphatic heterocycles. The Hall–Kier alpha value is -2.73. The van der Waals surface area contributed by atoms with Gasteiger partial charge in [0.25, 0.3) is 11.8 Å². The molecule has 4 rings (SSSR count). The molecule has 2 amide bonds. The van der Waals surface area contributed by atoms with Crippen molar-refractivity contribution in [1.29, 1.82) is 0 Å². The molecule has 0 aliphatic carbocycles. The second kappa shape index (κ2) is 8.96. The van der Waals surface area contributed by atoms with Crippen molar-refractivity contribution in [1.82, 2.24) is 5.32 Å². The van der Waals surface area contributed by atoms with Crippen LogP contribution in [-0.4, -0.2) is 11.8 Å².